The molecule has 0 saturated heterocycles. The van der Waals surface area contributed by atoms with Crippen molar-refractivity contribution < 1.29 is 18.7 Å². The van der Waals surface area contributed by atoms with Crippen molar-refractivity contribution >= 4 is 11.6 Å². The van der Waals surface area contributed by atoms with Crippen LogP contribution in [-0.2, 0) is 11.3 Å². The van der Waals surface area contributed by atoms with Crippen molar-refractivity contribution in [2.24, 2.45) is 0 Å². The van der Waals surface area contributed by atoms with Crippen LogP contribution < -0.4 is 20.1 Å². The summed E-state index contributed by atoms with van der Waals surface area (Å²) < 4.78 is 23.2. The lowest BCUT2D eigenvalue weighted by molar-refractivity contribution is -0.116. The van der Waals surface area contributed by atoms with Gasteiger partial charge in [0.1, 0.15) is 17.3 Å². The van der Waals surface area contributed by atoms with Gasteiger partial charge < -0.3 is 20.1 Å². The number of carbonyl (C=O) groups excluding carboxylic acids is 1. The van der Waals surface area contributed by atoms with E-state index in [0.717, 1.165) is 5.56 Å². The summed E-state index contributed by atoms with van der Waals surface area (Å²) in [6, 6.07) is 11.5. The maximum absolute atomic E-state index is 12.8. The van der Waals surface area contributed by atoms with E-state index in [2.05, 4.69) is 10.6 Å². The van der Waals surface area contributed by atoms with Crippen LogP contribution in [0.3, 0.4) is 0 Å². The molecule has 5 nitrogen and oxygen atoms in total. The molecule has 0 unspecified atom stereocenters. The van der Waals surface area contributed by atoms with E-state index in [1.54, 1.807) is 44.6 Å². The molecule has 2 rings (SSSR count). The van der Waals surface area contributed by atoms with Gasteiger partial charge in [-0.1, -0.05) is 12.1 Å². The quantitative estimate of drug-likeness (QED) is 0.730. The van der Waals surface area contributed by atoms with Crippen molar-refractivity contribution in [3.63, 3.8) is 0 Å². The number of nitrogens with one attached hydrogen (secondary N) is 2. The molecule has 0 atom stereocenters. The molecule has 0 saturated carbocycles. The first-order valence-electron chi connectivity index (χ1n) is 7.59. The lowest BCUT2D eigenvalue weighted by Crippen LogP contribution is -2.21. The molecule has 2 N–H and O–H groups in total. The molecule has 0 fully saturated rings. The van der Waals surface area contributed by atoms with Crippen LogP contribution in [-0.4, -0.2) is 26.7 Å². The molecule has 128 valence electrons. The molecule has 2 aromatic rings. The molecule has 0 aliphatic carbocycles. The molecule has 0 spiro atoms. The summed E-state index contributed by atoms with van der Waals surface area (Å²) in [5.41, 5.74) is 1.53. The number of halogens is 1. The van der Waals surface area contributed by atoms with Gasteiger partial charge in [-0.2, -0.15) is 0 Å². The second kappa shape index (κ2) is 8.88. The first-order valence-corrected chi connectivity index (χ1v) is 7.59. The second-order valence-corrected chi connectivity index (χ2v) is 5.17. The highest BCUT2D eigenvalue weighted by Crippen LogP contribution is 2.28. The Morgan fingerprint density at radius 3 is 2.50 bits per heavy atom. The van der Waals surface area contributed by atoms with Crippen molar-refractivity contribution in [3.05, 3.63) is 53.8 Å². The fraction of sp³-hybridized carbons (Fsp3) is 0.278. The van der Waals surface area contributed by atoms with Crippen molar-refractivity contribution in [2.45, 2.75) is 13.0 Å². The van der Waals surface area contributed by atoms with Gasteiger partial charge in [0.05, 0.1) is 19.9 Å². The number of methoxy groups -OCH3 is 2. The van der Waals surface area contributed by atoms with Gasteiger partial charge in [0.25, 0.3) is 0 Å². The average Bonchev–Trinajstić information content (AvgIpc) is 2.60. The van der Waals surface area contributed by atoms with Crippen LogP contribution in [0.1, 0.15) is 12.0 Å². The van der Waals surface area contributed by atoms with Gasteiger partial charge in [-0.3, -0.25) is 4.79 Å². The summed E-state index contributed by atoms with van der Waals surface area (Å²) in [5, 5.41) is 5.96. The molecule has 0 aliphatic heterocycles. The number of amides is 1. The average molecular weight is 332 g/mol. The van der Waals surface area contributed by atoms with Crippen LogP contribution in [0.2, 0.25) is 0 Å². The molecule has 0 bridgehead atoms. The number of hydrogen-bond acceptors (Lipinski definition) is 4. The van der Waals surface area contributed by atoms with Crippen LogP contribution in [0.5, 0.6) is 11.5 Å². The van der Waals surface area contributed by atoms with Crippen molar-refractivity contribution in [1.82, 2.24) is 5.32 Å². The predicted octanol–water partition coefficient (Wildman–Crippen LogP) is 2.96. The largest absolute Gasteiger partial charge is 0.497 e. The molecule has 24 heavy (non-hydrogen) atoms. The summed E-state index contributed by atoms with van der Waals surface area (Å²) >= 11 is 0. The highest BCUT2D eigenvalue weighted by Gasteiger charge is 2.09. The summed E-state index contributed by atoms with van der Waals surface area (Å²) in [6.45, 7) is 1.09. The first kappa shape index (κ1) is 17.7. The SMILES string of the molecule is COc1ccc(OC)c(NC(=O)CCNCc2ccc(F)cc2)c1. The number of hydrogen-bond donors (Lipinski definition) is 2. The first-order chi connectivity index (χ1) is 11.6. The number of benzene rings is 2. The summed E-state index contributed by atoms with van der Waals surface area (Å²) in [4.78, 5) is 12.0. The van der Waals surface area contributed by atoms with E-state index in [9.17, 15) is 9.18 Å². The topological polar surface area (TPSA) is 59.6 Å². The van der Waals surface area contributed by atoms with E-state index in [4.69, 9.17) is 9.47 Å². The van der Waals surface area contributed by atoms with E-state index >= 15 is 0 Å². The molecule has 0 heterocycles. The summed E-state index contributed by atoms with van der Waals surface area (Å²) in [5.74, 6) is 0.822. The maximum Gasteiger partial charge on any atom is 0.225 e. The van der Waals surface area contributed by atoms with Gasteiger partial charge in [0, 0.05) is 25.6 Å². The van der Waals surface area contributed by atoms with Gasteiger partial charge >= 0.3 is 0 Å². The number of rotatable bonds is 8. The third kappa shape index (κ3) is 5.24. The lowest BCUT2D eigenvalue weighted by Gasteiger charge is -2.12. The number of anilines is 1. The van der Waals surface area contributed by atoms with Gasteiger partial charge in [0.15, 0.2) is 0 Å². The van der Waals surface area contributed by atoms with Gasteiger partial charge in [-0.25, -0.2) is 4.39 Å². The molecule has 2 aromatic carbocycles. The van der Waals surface area contributed by atoms with Crippen LogP contribution in [0.4, 0.5) is 10.1 Å². The standard InChI is InChI=1S/C18H21FN2O3/c1-23-15-7-8-17(24-2)16(11-15)21-18(22)9-10-20-12-13-3-5-14(19)6-4-13/h3-8,11,20H,9-10,12H2,1-2H3,(H,21,22). The Labute approximate surface area is 140 Å². The van der Waals surface area contributed by atoms with E-state index in [1.165, 1.54) is 12.1 Å². The smallest absolute Gasteiger partial charge is 0.225 e. The minimum atomic E-state index is -0.259. The molecule has 1 amide bonds. The Morgan fingerprint density at radius 1 is 1.08 bits per heavy atom. The van der Waals surface area contributed by atoms with E-state index in [-0.39, 0.29) is 11.7 Å². The zero-order chi connectivity index (χ0) is 17.4. The van der Waals surface area contributed by atoms with Gasteiger partial charge in [-0.15, -0.1) is 0 Å². The summed E-state index contributed by atoms with van der Waals surface area (Å²) in [6.07, 6.45) is 0.307. The highest BCUT2D eigenvalue weighted by atomic mass is 19.1. The van der Waals surface area contributed by atoms with Gasteiger partial charge in [-0.05, 0) is 29.8 Å². The normalized spacial score (nSPS) is 10.3. The monoisotopic (exact) mass is 332 g/mol. The van der Waals surface area contributed by atoms with Crippen molar-refractivity contribution in [2.75, 3.05) is 26.1 Å². The number of ether oxygens (including phenoxy) is 2. The molecule has 0 radical (unpaired) electrons. The van der Waals surface area contributed by atoms with E-state index in [0.29, 0.717) is 36.7 Å². The predicted molar refractivity (Wildman–Crippen MR) is 90.9 cm³/mol. The minimum absolute atomic E-state index is 0.131. The Hall–Kier alpha value is -2.60. The second-order valence-electron chi connectivity index (χ2n) is 5.17. The van der Waals surface area contributed by atoms with E-state index < -0.39 is 0 Å². The Kier molecular flexibility index (Phi) is 6.57. The fourth-order valence-corrected chi connectivity index (χ4v) is 2.16. The molecular weight excluding hydrogens is 311 g/mol. The number of carbonyl (C=O) groups is 1. The van der Waals surface area contributed by atoms with E-state index in [1.807, 2.05) is 0 Å². The molecule has 0 aromatic heterocycles. The summed E-state index contributed by atoms with van der Waals surface area (Å²) in [7, 11) is 3.11. The van der Waals surface area contributed by atoms with Crippen molar-refractivity contribution in [3.8, 4) is 11.5 Å². The Morgan fingerprint density at radius 2 is 1.83 bits per heavy atom. The van der Waals surface area contributed by atoms with Gasteiger partial charge in [0.2, 0.25) is 5.91 Å². The Bertz CT molecular complexity index is 674. The Balaban J connectivity index is 1.80. The zero-order valence-corrected chi connectivity index (χ0v) is 13.8. The third-order valence-electron chi connectivity index (χ3n) is 3.45. The lowest BCUT2D eigenvalue weighted by atomic mass is 10.2. The van der Waals surface area contributed by atoms with Crippen molar-refractivity contribution in [1.29, 1.82) is 0 Å². The van der Waals surface area contributed by atoms with Crippen LogP contribution in [0, 0.1) is 5.82 Å². The maximum atomic E-state index is 12.8. The molecule has 6 heteroatoms. The van der Waals surface area contributed by atoms with Crippen LogP contribution in [0.15, 0.2) is 42.5 Å². The van der Waals surface area contributed by atoms with Crippen LogP contribution in [0.25, 0.3) is 0 Å². The third-order valence-corrected chi connectivity index (χ3v) is 3.45. The minimum Gasteiger partial charge on any atom is -0.497 e. The molecule has 0 aliphatic rings. The molecular formula is C18H21FN2O3. The highest BCUT2D eigenvalue weighted by molar-refractivity contribution is 5.92. The van der Waals surface area contributed by atoms with Crippen LogP contribution >= 0.6 is 0 Å². The zero-order valence-electron chi connectivity index (χ0n) is 13.8. The fourth-order valence-electron chi connectivity index (χ4n) is 2.16.